The van der Waals surface area contributed by atoms with Gasteiger partial charge in [0.1, 0.15) is 12.2 Å². The lowest BCUT2D eigenvalue weighted by molar-refractivity contribution is -0.117. The highest BCUT2D eigenvalue weighted by Gasteiger charge is 2.39. The molecule has 0 aliphatic carbocycles. The van der Waals surface area contributed by atoms with E-state index >= 15 is 0 Å². The van der Waals surface area contributed by atoms with Crippen molar-refractivity contribution < 1.29 is 19.1 Å². The maximum absolute atomic E-state index is 13.0. The van der Waals surface area contributed by atoms with Gasteiger partial charge in [0.2, 0.25) is 5.91 Å². The molecule has 2 fully saturated rings. The molecule has 3 aliphatic rings. The quantitative estimate of drug-likeness (QED) is 0.688. The van der Waals surface area contributed by atoms with Gasteiger partial charge in [-0.2, -0.15) is 0 Å². The van der Waals surface area contributed by atoms with Gasteiger partial charge in [0, 0.05) is 30.8 Å². The van der Waals surface area contributed by atoms with Crippen LogP contribution in [0.25, 0.3) is 0 Å². The molecule has 0 aromatic heterocycles. The smallest absolute Gasteiger partial charge is 0.253 e. The number of benzene rings is 2. The number of primary amides is 1. The molecule has 36 heavy (non-hydrogen) atoms. The number of hydrogen-bond donors (Lipinski definition) is 1. The summed E-state index contributed by atoms with van der Waals surface area (Å²) in [6, 6.07) is 13.5. The predicted octanol–water partition coefficient (Wildman–Crippen LogP) is 3.78. The van der Waals surface area contributed by atoms with Crippen molar-refractivity contribution in [2.75, 3.05) is 32.8 Å². The molecule has 2 aromatic rings. The normalized spacial score (nSPS) is 20.8. The van der Waals surface area contributed by atoms with Crippen molar-refractivity contribution in [3.63, 3.8) is 0 Å². The Morgan fingerprint density at radius 1 is 0.944 bits per heavy atom. The van der Waals surface area contributed by atoms with Gasteiger partial charge in [-0.3, -0.25) is 14.5 Å². The van der Waals surface area contributed by atoms with Crippen molar-refractivity contribution in [2.24, 2.45) is 11.1 Å². The number of hydrogen-bond acceptors (Lipinski definition) is 5. The highest BCUT2D eigenvalue weighted by Crippen LogP contribution is 2.43. The Hall–Kier alpha value is -3.06. The minimum absolute atomic E-state index is 0.0758. The third-order valence-corrected chi connectivity index (χ3v) is 8.02. The topological polar surface area (TPSA) is 85.1 Å². The van der Waals surface area contributed by atoms with Gasteiger partial charge in [0.05, 0.1) is 6.42 Å². The number of nitrogens with two attached hydrogens (primary N) is 1. The molecular formula is C29H37N3O4. The number of carbonyl (C=O) groups excluding carboxylic acids is 2. The summed E-state index contributed by atoms with van der Waals surface area (Å²) >= 11 is 0. The molecule has 192 valence electrons. The van der Waals surface area contributed by atoms with E-state index in [1.165, 1.54) is 5.56 Å². The van der Waals surface area contributed by atoms with Crippen LogP contribution in [0.15, 0.2) is 42.5 Å². The molecule has 0 radical (unpaired) electrons. The Kier molecular flexibility index (Phi) is 6.68. The molecule has 2 saturated heterocycles. The fourth-order valence-electron chi connectivity index (χ4n) is 5.73. The van der Waals surface area contributed by atoms with Crippen molar-refractivity contribution in [1.29, 1.82) is 0 Å². The third-order valence-electron chi connectivity index (χ3n) is 8.02. The van der Waals surface area contributed by atoms with Gasteiger partial charge in [-0.15, -0.1) is 0 Å². The van der Waals surface area contributed by atoms with Crippen molar-refractivity contribution in [3.05, 3.63) is 59.2 Å². The third kappa shape index (κ3) is 5.36. The summed E-state index contributed by atoms with van der Waals surface area (Å²) in [5.74, 6) is 1.45. The minimum atomic E-state index is -0.365. The molecule has 2 amide bonds. The second-order valence-corrected chi connectivity index (χ2v) is 11.3. The van der Waals surface area contributed by atoms with Crippen molar-refractivity contribution in [3.8, 4) is 11.5 Å². The van der Waals surface area contributed by atoms with Gasteiger partial charge in [0.15, 0.2) is 11.5 Å². The Morgan fingerprint density at radius 2 is 1.61 bits per heavy atom. The maximum Gasteiger partial charge on any atom is 0.253 e. The molecule has 2 N–H and O–H groups in total. The summed E-state index contributed by atoms with van der Waals surface area (Å²) in [4.78, 5) is 28.6. The summed E-state index contributed by atoms with van der Waals surface area (Å²) < 4.78 is 12.2. The Labute approximate surface area is 213 Å². The van der Waals surface area contributed by atoms with Crippen LogP contribution in [0.2, 0.25) is 0 Å². The van der Waals surface area contributed by atoms with E-state index in [1.54, 1.807) is 0 Å². The van der Waals surface area contributed by atoms with Gasteiger partial charge in [-0.25, -0.2) is 0 Å². The van der Waals surface area contributed by atoms with E-state index in [2.05, 4.69) is 30.9 Å². The number of ether oxygens (including phenoxy) is 2. The van der Waals surface area contributed by atoms with E-state index in [0.717, 1.165) is 75.5 Å². The molecular weight excluding hydrogens is 454 g/mol. The minimum Gasteiger partial charge on any atom is -0.486 e. The van der Waals surface area contributed by atoms with Crippen LogP contribution < -0.4 is 15.2 Å². The van der Waals surface area contributed by atoms with E-state index in [4.69, 9.17) is 15.2 Å². The molecule has 0 bridgehead atoms. The molecule has 7 nitrogen and oxygen atoms in total. The number of likely N-dealkylation sites (tertiary alicyclic amines) is 2. The number of amides is 2. The van der Waals surface area contributed by atoms with E-state index in [9.17, 15) is 9.59 Å². The monoisotopic (exact) mass is 491 g/mol. The van der Waals surface area contributed by atoms with Crippen LogP contribution in [0.3, 0.4) is 0 Å². The lowest BCUT2D eigenvalue weighted by Crippen LogP contribution is -2.48. The van der Waals surface area contributed by atoms with E-state index in [0.29, 0.717) is 17.6 Å². The second-order valence-electron chi connectivity index (χ2n) is 11.3. The average molecular weight is 492 g/mol. The molecule has 2 aromatic carbocycles. The van der Waals surface area contributed by atoms with Crippen LogP contribution in [-0.4, -0.2) is 60.0 Å². The zero-order valence-corrected chi connectivity index (χ0v) is 21.4. The zero-order valence-electron chi connectivity index (χ0n) is 21.4. The van der Waals surface area contributed by atoms with Gasteiger partial charge in [-0.1, -0.05) is 24.3 Å². The lowest BCUT2D eigenvalue weighted by atomic mass is 9.71. The molecule has 0 atom stereocenters. The SMILES string of the molecule is CC1(C)COc2cccc(CN3CCC4(CC3)CCN(C(=O)c3ccc(CC(N)=O)cc3)CC4)c2O1. The largest absolute Gasteiger partial charge is 0.486 e. The van der Waals surface area contributed by atoms with Gasteiger partial charge < -0.3 is 20.1 Å². The number of carbonyl (C=O) groups is 2. The number of nitrogens with zero attached hydrogens (tertiary/aromatic N) is 2. The molecule has 0 unspecified atom stereocenters. The van der Waals surface area contributed by atoms with E-state index in [1.807, 2.05) is 35.2 Å². The molecule has 1 spiro atoms. The molecule has 0 saturated carbocycles. The van der Waals surface area contributed by atoms with E-state index in [-0.39, 0.29) is 23.8 Å². The highest BCUT2D eigenvalue weighted by molar-refractivity contribution is 5.94. The predicted molar refractivity (Wildman–Crippen MR) is 138 cm³/mol. The van der Waals surface area contributed by atoms with Crippen LogP contribution in [0, 0.1) is 5.41 Å². The fourth-order valence-corrected chi connectivity index (χ4v) is 5.73. The highest BCUT2D eigenvalue weighted by atomic mass is 16.6. The van der Waals surface area contributed by atoms with Crippen LogP contribution >= 0.6 is 0 Å². The molecule has 5 rings (SSSR count). The lowest BCUT2D eigenvalue weighted by Gasteiger charge is -2.47. The van der Waals surface area contributed by atoms with Crippen molar-refractivity contribution in [2.45, 2.75) is 58.1 Å². The standard InChI is InChI=1S/C29H37N3O4/c1-28(2)20-35-24-5-3-4-23(26(24)36-28)19-31-14-10-29(11-15-31)12-16-32(17-13-29)27(34)22-8-6-21(7-9-22)18-25(30)33/h3-9H,10-20H2,1-2H3,(H2,30,33). The van der Waals surface area contributed by atoms with Crippen molar-refractivity contribution in [1.82, 2.24) is 9.80 Å². The fraction of sp³-hybridized carbons (Fsp3) is 0.517. The zero-order chi connectivity index (χ0) is 25.3. The van der Waals surface area contributed by atoms with Crippen LogP contribution in [0.4, 0.5) is 0 Å². The van der Waals surface area contributed by atoms with E-state index < -0.39 is 0 Å². The number of para-hydroxylation sites is 1. The second kappa shape index (κ2) is 9.77. The maximum atomic E-state index is 13.0. The van der Waals surface area contributed by atoms with Gasteiger partial charge in [0.25, 0.3) is 5.91 Å². The summed E-state index contributed by atoms with van der Waals surface area (Å²) in [6.07, 6.45) is 4.63. The molecule has 3 aliphatic heterocycles. The van der Waals surface area contributed by atoms with Gasteiger partial charge >= 0.3 is 0 Å². The summed E-state index contributed by atoms with van der Waals surface area (Å²) in [5.41, 5.74) is 7.98. The Balaban J connectivity index is 1.14. The first kappa shape index (κ1) is 24.6. The van der Waals surface area contributed by atoms with Crippen LogP contribution in [0.5, 0.6) is 11.5 Å². The number of fused-ring (bicyclic) bond motifs is 1. The molecule has 7 heteroatoms. The number of piperidine rings is 2. The summed E-state index contributed by atoms with van der Waals surface area (Å²) in [7, 11) is 0. The number of rotatable bonds is 5. The first-order chi connectivity index (χ1) is 17.2. The summed E-state index contributed by atoms with van der Waals surface area (Å²) in [5, 5.41) is 0. The van der Waals surface area contributed by atoms with Crippen molar-refractivity contribution >= 4 is 11.8 Å². The first-order valence-electron chi connectivity index (χ1n) is 13.0. The Morgan fingerprint density at radius 3 is 2.28 bits per heavy atom. The Bertz CT molecular complexity index is 1110. The first-order valence-corrected chi connectivity index (χ1v) is 13.0. The van der Waals surface area contributed by atoms with Crippen LogP contribution in [-0.2, 0) is 17.8 Å². The van der Waals surface area contributed by atoms with Crippen LogP contribution in [0.1, 0.15) is 61.0 Å². The van der Waals surface area contributed by atoms with Gasteiger partial charge in [-0.05, 0) is 81.8 Å². The summed E-state index contributed by atoms with van der Waals surface area (Å²) in [6.45, 7) is 9.28. The molecule has 3 heterocycles. The average Bonchev–Trinajstić information content (AvgIpc) is 2.86.